The molecular formula is C14H17F2NO2S. The Morgan fingerprint density at radius 1 is 1.25 bits per heavy atom. The van der Waals surface area contributed by atoms with Crippen molar-refractivity contribution in [2.75, 3.05) is 5.75 Å². The highest BCUT2D eigenvalue weighted by molar-refractivity contribution is 8.00. The summed E-state index contributed by atoms with van der Waals surface area (Å²) < 4.78 is 25.7. The SMILES string of the molecule is CC(=O)C(NC(=O)CSc1ccc(F)c(F)c1)C(C)C. The molecule has 20 heavy (non-hydrogen) atoms. The van der Waals surface area contributed by atoms with Gasteiger partial charge < -0.3 is 5.32 Å². The lowest BCUT2D eigenvalue weighted by atomic mass is 10.0. The van der Waals surface area contributed by atoms with Gasteiger partial charge in [-0.05, 0) is 31.0 Å². The molecule has 0 aliphatic carbocycles. The zero-order valence-electron chi connectivity index (χ0n) is 11.6. The smallest absolute Gasteiger partial charge is 0.230 e. The molecule has 1 atom stereocenters. The number of Topliss-reactive ketones (excluding diaryl/α,β-unsaturated/α-hetero) is 1. The molecule has 1 unspecified atom stereocenters. The van der Waals surface area contributed by atoms with Crippen LogP contribution >= 0.6 is 11.8 Å². The molecule has 6 heteroatoms. The Kier molecular flexibility index (Phi) is 6.13. The van der Waals surface area contributed by atoms with Crippen LogP contribution in [0.2, 0.25) is 0 Å². The maximum Gasteiger partial charge on any atom is 0.230 e. The van der Waals surface area contributed by atoms with E-state index < -0.39 is 17.7 Å². The van der Waals surface area contributed by atoms with E-state index in [-0.39, 0.29) is 23.4 Å². The Hall–Kier alpha value is -1.43. The zero-order chi connectivity index (χ0) is 15.3. The lowest BCUT2D eigenvalue weighted by Crippen LogP contribution is -2.44. The minimum absolute atomic E-state index is 0.00437. The zero-order valence-corrected chi connectivity index (χ0v) is 12.4. The van der Waals surface area contributed by atoms with E-state index in [0.717, 1.165) is 23.9 Å². The van der Waals surface area contributed by atoms with Crippen LogP contribution in [0, 0.1) is 17.6 Å². The van der Waals surface area contributed by atoms with Crippen LogP contribution in [-0.2, 0) is 9.59 Å². The topological polar surface area (TPSA) is 46.2 Å². The standard InChI is InChI=1S/C14H17F2NO2S/c1-8(2)14(9(3)18)17-13(19)7-20-10-4-5-11(15)12(16)6-10/h4-6,8,14H,7H2,1-3H3,(H,17,19). The van der Waals surface area contributed by atoms with E-state index >= 15 is 0 Å². The van der Waals surface area contributed by atoms with Crippen LogP contribution in [-0.4, -0.2) is 23.5 Å². The van der Waals surface area contributed by atoms with Gasteiger partial charge in [0.1, 0.15) is 0 Å². The third-order valence-electron chi connectivity index (χ3n) is 2.68. The number of hydrogen-bond donors (Lipinski definition) is 1. The number of halogens is 2. The van der Waals surface area contributed by atoms with Crippen LogP contribution in [0.4, 0.5) is 8.78 Å². The molecule has 1 aromatic carbocycles. The number of thioether (sulfide) groups is 1. The number of amides is 1. The van der Waals surface area contributed by atoms with Crippen molar-refractivity contribution in [1.82, 2.24) is 5.32 Å². The highest BCUT2D eigenvalue weighted by Crippen LogP contribution is 2.20. The number of ketones is 1. The van der Waals surface area contributed by atoms with Gasteiger partial charge in [-0.15, -0.1) is 11.8 Å². The van der Waals surface area contributed by atoms with Gasteiger partial charge in [-0.25, -0.2) is 8.78 Å². The van der Waals surface area contributed by atoms with Crippen LogP contribution in [0.5, 0.6) is 0 Å². The van der Waals surface area contributed by atoms with Crippen molar-refractivity contribution in [3.63, 3.8) is 0 Å². The fourth-order valence-corrected chi connectivity index (χ4v) is 2.40. The summed E-state index contributed by atoms with van der Waals surface area (Å²) in [7, 11) is 0. The van der Waals surface area contributed by atoms with Gasteiger partial charge in [0.2, 0.25) is 5.91 Å². The normalized spacial score (nSPS) is 12.3. The average molecular weight is 301 g/mol. The third-order valence-corrected chi connectivity index (χ3v) is 3.68. The van der Waals surface area contributed by atoms with Gasteiger partial charge in [0, 0.05) is 4.90 Å². The summed E-state index contributed by atoms with van der Waals surface area (Å²) in [5.41, 5.74) is 0. The number of hydrogen-bond acceptors (Lipinski definition) is 3. The fraction of sp³-hybridized carbons (Fsp3) is 0.429. The van der Waals surface area contributed by atoms with E-state index in [2.05, 4.69) is 5.32 Å². The molecule has 1 amide bonds. The molecule has 0 heterocycles. The molecule has 0 aliphatic rings. The third kappa shape index (κ3) is 4.92. The highest BCUT2D eigenvalue weighted by atomic mass is 32.2. The first-order chi connectivity index (χ1) is 9.31. The molecule has 3 nitrogen and oxygen atoms in total. The Labute approximate surface area is 121 Å². The minimum atomic E-state index is -0.945. The van der Waals surface area contributed by atoms with Crippen molar-refractivity contribution >= 4 is 23.5 Å². The number of carbonyl (C=O) groups is 2. The van der Waals surface area contributed by atoms with Gasteiger partial charge in [0.15, 0.2) is 17.4 Å². The van der Waals surface area contributed by atoms with Crippen LogP contribution in [0.3, 0.4) is 0 Å². The van der Waals surface area contributed by atoms with Crippen molar-refractivity contribution in [2.45, 2.75) is 31.7 Å². The van der Waals surface area contributed by atoms with Gasteiger partial charge in [0.25, 0.3) is 0 Å². The van der Waals surface area contributed by atoms with E-state index in [0.29, 0.717) is 4.90 Å². The van der Waals surface area contributed by atoms with E-state index in [1.807, 2.05) is 13.8 Å². The van der Waals surface area contributed by atoms with Crippen LogP contribution in [0.25, 0.3) is 0 Å². The highest BCUT2D eigenvalue weighted by Gasteiger charge is 2.20. The summed E-state index contributed by atoms with van der Waals surface area (Å²) in [4.78, 5) is 23.6. The second-order valence-electron chi connectivity index (χ2n) is 4.76. The molecule has 0 spiro atoms. The predicted octanol–water partition coefficient (Wildman–Crippen LogP) is 2.79. The summed E-state index contributed by atoms with van der Waals surface area (Å²) >= 11 is 1.09. The summed E-state index contributed by atoms with van der Waals surface area (Å²) in [5.74, 6) is -2.24. The van der Waals surface area contributed by atoms with Crippen molar-refractivity contribution in [2.24, 2.45) is 5.92 Å². The van der Waals surface area contributed by atoms with E-state index in [9.17, 15) is 18.4 Å². The summed E-state index contributed by atoms with van der Waals surface area (Å²) in [5, 5.41) is 2.64. The van der Waals surface area contributed by atoms with Gasteiger partial charge in [-0.2, -0.15) is 0 Å². The number of carbonyl (C=O) groups excluding carboxylic acids is 2. The molecule has 0 saturated heterocycles. The predicted molar refractivity (Wildman–Crippen MR) is 74.5 cm³/mol. The number of rotatable bonds is 6. The van der Waals surface area contributed by atoms with Gasteiger partial charge in [-0.1, -0.05) is 13.8 Å². The molecule has 110 valence electrons. The molecule has 0 aromatic heterocycles. The Balaban J connectivity index is 2.54. The molecule has 1 rings (SSSR count). The quantitative estimate of drug-likeness (QED) is 0.822. The Bertz CT molecular complexity index is 506. The Morgan fingerprint density at radius 2 is 1.90 bits per heavy atom. The Morgan fingerprint density at radius 3 is 2.40 bits per heavy atom. The molecule has 0 aliphatic heterocycles. The monoisotopic (exact) mass is 301 g/mol. The maximum absolute atomic E-state index is 13.0. The van der Waals surface area contributed by atoms with E-state index in [4.69, 9.17) is 0 Å². The lowest BCUT2D eigenvalue weighted by molar-refractivity contribution is -0.126. The first-order valence-electron chi connectivity index (χ1n) is 6.19. The second-order valence-corrected chi connectivity index (χ2v) is 5.81. The molecule has 1 N–H and O–H groups in total. The molecule has 0 radical (unpaired) electrons. The molecule has 0 saturated carbocycles. The van der Waals surface area contributed by atoms with Crippen molar-refractivity contribution in [3.05, 3.63) is 29.8 Å². The largest absolute Gasteiger partial charge is 0.345 e. The van der Waals surface area contributed by atoms with E-state index in [1.165, 1.54) is 13.0 Å². The van der Waals surface area contributed by atoms with Crippen LogP contribution in [0.15, 0.2) is 23.1 Å². The van der Waals surface area contributed by atoms with E-state index in [1.54, 1.807) is 0 Å². The first kappa shape index (κ1) is 16.6. The van der Waals surface area contributed by atoms with Gasteiger partial charge >= 0.3 is 0 Å². The first-order valence-corrected chi connectivity index (χ1v) is 7.17. The molecule has 0 bridgehead atoms. The fourth-order valence-electron chi connectivity index (χ4n) is 1.67. The van der Waals surface area contributed by atoms with Crippen LogP contribution in [0.1, 0.15) is 20.8 Å². The van der Waals surface area contributed by atoms with Crippen molar-refractivity contribution in [1.29, 1.82) is 0 Å². The van der Waals surface area contributed by atoms with Crippen molar-refractivity contribution < 1.29 is 18.4 Å². The van der Waals surface area contributed by atoms with Crippen LogP contribution < -0.4 is 5.32 Å². The molecule has 0 fully saturated rings. The number of nitrogens with one attached hydrogen (secondary N) is 1. The summed E-state index contributed by atoms with van der Waals surface area (Å²) in [6, 6.07) is 2.94. The molecular weight excluding hydrogens is 284 g/mol. The minimum Gasteiger partial charge on any atom is -0.345 e. The second kappa shape index (κ2) is 7.38. The maximum atomic E-state index is 13.0. The van der Waals surface area contributed by atoms with Gasteiger partial charge in [-0.3, -0.25) is 9.59 Å². The summed E-state index contributed by atoms with van der Waals surface area (Å²) in [6.45, 7) is 5.11. The van der Waals surface area contributed by atoms with Gasteiger partial charge in [0.05, 0.1) is 11.8 Å². The number of benzene rings is 1. The lowest BCUT2D eigenvalue weighted by Gasteiger charge is -2.19. The van der Waals surface area contributed by atoms with Crippen molar-refractivity contribution in [3.8, 4) is 0 Å². The molecule has 1 aromatic rings. The average Bonchev–Trinajstić information content (AvgIpc) is 2.36. The summed E-state index contributed by atoms with van der Waals surface area (Å²) in [6.07, 6.45) is 0.